The third kappa shape index (κ3) is 5.46. The number of carbonyl (C=O) groups is 2. The average molecular weight is 460 g/mol. The molecule has 0 aliphatic heterocycles. The summed E-state index contributed by atoms with van der Waals surface area (Å²) in [6, 6.07) is 15.9. The fraction of sp³-hybridized carbons (Fsp3) is 0.0909. The highest BCUT2D eigenvalue weighted by molar-refractivity contribution is 7.92. The molecule has 0 aromatic heterocycles. The van der Waals surface area contributed by atoms with E-state index in [-0.39, 0.29) is 11.3 Å². The number of amides is 1. The molecule has 3 aromatic carbocycles. The summed E-state index contributed by atoms with van der Waals surface area (Å²) in [6.07, 6.45) is -1.20. The van der Waals surface area contributed by atoms with Crippen molar-refractivity contribution in [2.24, 2.45) is 0 Å². The van der Waals surface area contributed by atoms with Crippen LogP contribution in [0.2, 0.25) is 0 Å². The molecule has 0 aliphatic carbocycles. The lowest BCUT2D eigenvalue weighted by atomic mass is 10.2. The normalized spacial score (nSPS) is 12.0. The topological polar surface area (TPSA) is 102 Å². The Bertz CT molecular complexity index is 1250. The maximum Gasteiger partial charge on any atom is 0.341 e. The number of sulfonamides is 1. The van der Waals surface area contributed by atoms with Crippen molar-refractivity contribution in [3.05, 3.63) is 90.0 Å². The molecule has 2 N–H and O–H groups in total. The number of esters is 1. The third-order valence-corrected chi connectivity index (χ3v) is 5.65. The Kier molecular flexibility index (Phi) is 6.84. The minimum absolute atomic E-state index is 0.216. The second kappa shape index (κ2) is 9.56. The van der Waals surface area contributed by atoms with Crippen molar-refractivity contribution in [3.63, 3.8) is 0 Å². The standard InChI is InChI=1S/C22H18F2N2O5S/c1-14(21(27)25-16-7-3-2-4-8-16)31-22(28)17-9-5-6-10-19(17)26-32(29,30)20-13-15(23)11-12-18(20)24/h2-14,26H,1H3,(H,25,27). The Hall–Kier alpha value is -3.79. The van der Waals surface area contributed by atoms with Gasteiger partial charge in [-0.05, 0) is 49.4 Å². The number of para-hydroxylation sites is 2. The first kappa shape index (κ1) is 22.9. The van der Waals surface area contributed by atoms with Crippen molar-refractivity contribution in [2.45, 2.75) is 17.9 Å². The molecule has 1 amide bonds. The minimum Gasteiger partial charge on any atom is -0.449 e. The molecule has 1 atom stereocenters. The van der Waals surface area contributed by atoms with Crippen molar-refractivity contribution >= 4 is 33.3 Å². The molecule has 0 aliphatic rings. The molecule has 0 bridgehead atoms. The van der Waals surface area contributed by atoms with Crippen LogP contribution < -0.4 is 10.0 Å². The van der Waals surface area contributed by atoms with Gasteiger partial charge in [0.1, 0.15) is 16.5 Å². The highest BCUT2D eigenvalue weighted by Crippen LogP contribution is 2.23. The maximum absolute atomic E-state index is 13.9. The molecule has 0 spiro atoms. The predicted octanol–water partition coefficient (Wildman–Crippen LogP) is 3.95. The van der Waals surface area contributed by atoms with E-state index in [9.17, 15) is 26.8 Å². The van der Waals surface area contributed by atoms with E-state index in [2.05, 4.69) is 10.0 Å². The van der Waals surface area contributed by atoms with E-state index < -0.39 is 44.5 Å². The lowest BCUT2D eigenvalue weighted by Crippen LogP contribution is -2.30. The summed E-state index contributed by atoms with van der Waals surface area (Å²) < 4.78 is 59.7. The quantitative estimate of drug-likeness (QED) is 0.520. The van der Waals surface area contributed by atoms with Crippen LogP contribution in [0.5, 0.6) is 0 Å². The number of carbonyl (C=O) groups excluding carboxylic acids is 2. The highest BCUT2D eigenvalue weighted by Gasteiger charge is 2.25. The fourth-order valence-electron chi connectivity index (χ4n) is 2.68. The average Bonchev–Trinajstić information content (AvgIpc) is 2.76. The molecule has 166 valence electrons. The smallest absolute Gasteiger partial charge is 0.341 e. The molecule has 0 heterocycles. The largest absolute Gasteiger partial charge is 0.449 e. The zero-order valence-electron chi connectivity index (χ0n) is 16.7. The van der Waals surface area contributed by atoms with E-state index in [1.54, 1.807) is 30.3 Å². The molecule has 0 radical (unpaired) electrons. The first-order valence-corrected chi connectivity index (χ1v) is 10.8. The molecule has 10 heteroatoms. The van der Waals surface area contributed by atoms with Crippen LogP contribution in [0.25, 0.3) is 0 Å². The summed E-state index contributed by atoms with van der Waals surface area (Å²) in [4.78, 5) is 24.0. The zero-order valence-corrected chi connectivity index (χ0v) is 17.5. The summed E-state index contributed by atoms with van der Waals surface area (Å²) >= 11 is 0. The van der Waals surface area contributed by atoms with Crippen molar-refractivity contribution in [3.8, 4) is 0 Å². The van der Waals surface area contributed by atoms with Crippen LogP contribution in [0.15, 0.2) is 77.7 Å². The molecular formula is C22H18F2N2O5S. The Balaban J connectivity index is 1.77. The lowest BCUT2D eigenvalue weighted by molar-refractivity contribution is -0.123. The van der Waals surface area contributed by atoms with Crippen LogP contribution in [0.3, 0.4) is 0 Å². The van der Waals surface area contributed by atoms with Gasteiger partial charge in [0.25, 0.3) is 15.9 Å². The van der Waals surface area contributed by atoms with Crippen LogP contribution in [0.1, 0.15) is 17.3 Å². The van der Waals surface area contributed by atoms with E-state index in [4.69, 9.17) is 4.74 Å². The van der Waals surface area contributed by atoms with Crippen LogP contribution in [0, 0.1) is 11.6 Å². The Morgan fingerprint density at radius 2 is 1.59 bits per heavy atom. The van der Waals surface area contributed by atoms with Gasteiger partial charge in [-0.25, -0.2) is 22.0 Å². The molecule has 3 aromatic rings. The van der Waals surface area contributed by atoms with E-state index in [0.29, 0.717) is 17.8 Å². The van der Waals surface area contributed by atoms with Crippen molar-refractivity contribution in [2.75, 3.05) is 10.0 Å². The van der Waals surface area contributed by atoms with E-state index in [0.717, 1.165) is 6.07 Å². The predicted molar refractivity (Wildman–Crippen MR) is 114 cm³/mol. The van der Waals surface area contributed by atoms with Crippen LogP contribution in [-0.4, -0.2) is 26.4 Å². The second-order valence-corrected chi connectivity index (χ2v) is 8.28. The van der Waals surface area contributed by atoms with E-state index >= 15 is 0 Å². The Morgan fingerprint density at radius 1 is 0.938 bits per heavy atom. The van der Waals surface area contributed by atoms with Gasteiger partial charge in [-0.1, -0.05) is 30.3 Å². The van der Waals surface area contributed by atoms with Gasteiger partial charge in [-0.15, -0.1) is 0 Å². The lowest BCUT2D eigenvalue weighted by Gasteiger charge is -2.16. The van der Waals surface area contributed by atoms with Gasteiger partial charge in [0.15, 0.2) is 6.10 Å². The summed E-state index contributed by atoms with van der Waals surface area (Å²) in [5.74, 6) is -3.69. The number of hydrogen-bond donors (Lipinski definition) is 2. The summed E-state index contributed by atoms with van der Waals surface area (Å²) in [5, 5.41) is 2.58. The Morgan fingerprint density at radius 3 is 2.31 bits per heavy atom. The van der Waals surface area contributed by atoms with Crippen LogP contribution in [-0.2, 0) is 19.6 Å². The number of hydrogen-bond acceptors (Lipinski definition) is 5. The van der Waals surface area contributed by atoms with Gasteiger partial charge >= 0.3 is 5.97 Å². The number of ether oxygens (including phenoxy) is 1. The SMILES string of the molecule is CC(OC(=O)c1ccccc1NS(=O)(=O)c1cc(F)ccc1F)C(=O)Nc1ccccc1. The summed E-state index contributed by atoms with van der Waals surface area (Å²) in [6.45, 7) is 1.35. The molecule has 0 fully saturated rings. The number of nitrogens with one attached hydrogen (secondary N) is 2. The van der Waals surface area contributed by atoms with Crippen molar-refractivity contribution < 1.29 is 31.5 Å². The number of anilines is 2. The first-order valence-electron chi connectivity index (χ1n) is 9.31. The van der Waals surface area contributed by atoms with Crippen molar-refractivity contribution in [1.82, 2.24) is 0 Å². The summed E-state index contributed by atoms with van der Waals surface area (Å²) in [7, 11) is -4.56. The maximum atomic E-state index is 13.9. The van der Waals surface area contributed by atoms with E-state index in [1.165, 1.54) is 31.2 Å². The molecule has 32 heavy (non-hydrogen) atoms. The number of rotatable bonds is 7. The van der Waals surface area contributed by atoms with Gasteiger partial charge in [-0.3, -0.25) is 9.52 Å². The molecule has 1 unspecified atom stereocenters. The van der Waals surface area contributed by atoms with Gasteiger partial charge in [0, 0.05) is 5.69 Å². The molecule has 0 saturated heterocycles. The summed E-state index contributed by atoms with van der Waals surface area (Å²) in [5.41, 5.74) is 0.0646. The van der Waals surface area contributed by atoms with Gasteiger partial charge < -0.3 is 10.1 Å². The zero-order chi connectivity index (χ0) is 23.3. The van der Waals surface area contributed by atoms with E-state index in [1.807, 2.05) is 0 Å². The molecule has 7 nitrogen and oxygen atoms in total. The highest BCUT2D eigenvalue weighted by atomic mass is 32.2. The monoisotopic (exact) mass is 460 g/mol. The molecular weight excluding hydrogens is 442 g/mol. The van der Waals surface area contributed by atoms with Gasteiger partial charge in [-0.2, -0.15) is 0 Å². The minimum atomic E-state index is -4.56. The first-order chi connectivity index (χ1) is 15.2. The Labute approximate surface area is 183 Å². The van der Waals surface area contributed by atoms with Crippen LogP contribution >= 0.6 is 0 Å². The molecule has 0 saturated carbocycles. The van der Waals surface area contributed by atoms with Crippen molar-refractivity contribution in [1.29, 1.82) is 0 Å². The number of benzene rings is 3. The van der Waals surface area contributed by atoms with Gasteiger partial charge in [0.05, 0.1) is 11.3 Å². The van der Waals surface area contributed by atoms with Gasteiger partial charge in [0.2, 0.25) is 0 Å². The number of halogens is 2. The third-order valence-electron chi connectivity index (χ3n) is 4.27. The molecule has 3 rings (SSSR count). The van der Waals surface area contributed by atoms with Crippen LogP contribution in [0.4, 0.5) is 20.2 Å². The second-order valence-electron chi connectivity index (χ2n) is 6.63. The fourth-order valence-corrected chi connectivity index (χ4v) is 3.85.